The molecule has 1 N–H and O–H groups in total. The van der Waals surface area contributed by atoms with Gasteiger partial charge in [0.1, 0.15) is 12.6 Å². The number of amides is 2. The summed E-state index contributed by atoms with van der Waals surface area (Å²) in [6, 6.07) is 11.0. The summed E-state index contributed by atoms with van der Waals surface area (Å²) in [4.78, 5) is 26.5. The molecular weight excluding hydrogens is 428 g/mol. The third-order valence-electron chi connectivity index (χ3n) is 4.77. The Hall–Kier alpha value is -3.01. The van der Waals surface area contributed by atoms with Crippen molar-refractivity contribution >= 4 is 27.5 Å². The Labute approximate surface area is 180 Å². The fourth-order valence-corrected chi connectivity index (χ4v) is 3.87. The summed E-state index contributed by atoms with van der Waals surface area (Å²) in [7, 11) is -2.57. The van der Waals surface area contributed by atoms with Crippen molar-refractivity contribution in [2.75, 3.05) is 30.7 Å². The zero-order valence-electron chi connectivity index (χ0n) is 17.5. The van der Waals surface area contributed by atoms with E-state index >= 15 is 0 Å². The lowest BCUT2D eigenvalue weighted by Gasteiger charge is -2.31. The molecule has 168 valence electrons. The van der Waals surface area contributed by atoms with Gasteiger partial charge in [0.05, 0.1) is 11.9 Å². The first-order valence-corrected chi connectivity index (χ1v) is 11.4. The molecule has 2 aromatic rings. The van der Waals surface area contributed by atoms with Gasteiger partial charge in [-0.3, -0.25) is 13.9 Å². The summed E-state index contributed by atoms with van der Waals surface area (Å²) >= 11 is 0. The van der Waals surface area contributed by atoms with E-state index in [4.69, 9.17) is 0 Å². The van der Waals surface area contributed by atoms with Crippen LogP contribution in [0, 0.1) is 11.6 Å². The van der Waals surface area contributed by atoms with Crippen LogP contribution in [0.3, 0.4) is 0 Å². The van der Waals surface area contributed by atoms with Crippen LogP contribution in [0.2, 0.25) is 0 Å². The Morgan fingerprint density at radius 3 is 2.26 bits per heavy atom. The number of sulfonamides is 1. The van der Waals surface area contributed by atoms with Crippen molar-refractivity contribution in [3.8, 4) is 0 Å². The Balaban J connectivity index is 2.31. The normalized spacial score (nSPS) is 12.2. The van der Waals surface area contributed by atoms with E-state index in [1.165, 1.54) is 18.9 Å². The molecule has 0 aliphatic rings. The second-order valence-corrected chi connectivity index (χ2v) is 8.89. The van der Waals surface area contributed by atoms with Gasteiger partial charge in [-0.1, -0.05) is 30.3 Å². The summed E-state index contributed by atoms with van der Waals surface area (Å²) < 4.78 is 52.2. The minimum atomic E-state index is -4.00. The number of hydrogen-bond donors (Lipinski definition) is 1. The monoisotopic (exact) mass is 453 g/mol. The first-order valence-electron chi connectivity index (χ1n) is 9.52. The largest absolute Gasteiger partial charge is 0.357 e. The first-order chi connectivity index (χ1) is 14.5. The van der Waals surface area contributed by atoms with Gasteiger partial charge in [-0.25, -0.2) is 17.2 Å². The third-order valence-corrected chi connectivity index (χ3v) is 5.91. The highest BCUT2D eigenvalue weighted by Gasteiger charge is 2.29. The maximum Gasteiger partial charge on any atom is 0.244 e. The SMILES string of the molecule is CNC(=O)[C@H](C)N(CCc1ccccc1)C(=O)CN(c1ccc(F)c(F)c1)S(C)(=O)=O. The van der Waals surface area contributed by atoms with Gasteiger partial charge in [-0.05, 0) is 31.0 Å². The average Bonchev–Trinajstić information content (AvgIpc) is 2.73. The molecule has 0 aliphatic heterocycles. The molecule has 0 fully saturated rings. The summed E-state index contributed by atoms with van der Waals surface area (Å²) in [5, 5.41) is 2.47. The number of anilines is 1. The number of benzene rings is 2. The lowest BCUT2D eigenvalue weighted by atomic mass is 10.1. The molecule has 0 saturated heterocycles. The van der Waals surface area contributed by atoms with Crippen LogP contribution < -0.4 is 9.62 Å². The van der Waals surface area contributed by atoms with E-state index in [1.807, 2.05) is 30.3 Å². The van der Waals surface area contributed by atoms with Crippen LogP contribution in [0.15, 0.2) is 48.5 Å². The highest BCUT2D eigenvalue weighted by Crippen LogP contribution is 2.21. The van der Waals surface area contributed by atoms with Gasteiger partial charge >= 0.3 is 0 Å². The molecule has 0 unspecified atom stereocenters. The molecule has 0 aliphatic carbocycles. The fourth-order valence-electron chi connectivity index (χ4n) is 3.03. The van der Waals surface area contributed by atoms with Crippen molar-refractivity contribution < 1.29 is 26.8 Å². The number of rotatable bonds is 9. The van der Waals surface area contributed by atoms with Crippen molar-refractivity contribution in [1.29, 1.82) is 0 Å². The van der Waals surface area contributed by atoms with Crippen LogP contribution in [-0.4, -0.2) is 57.6 Å². The predicted molar refractivity (Wildman–Crippen MR) is 114 cm³/mol. The van der Waals surface area contributed by atoms with Crippen LogP contribution in [-0.2, 0) is 26.0 Å². The maximum atomic E-state index is 13.7. The van der Waals surface area contributed by atoms with Crippen LogP contribution in [0.25, 0.3) is 0 Å². The van der Waals surface area contributed by atoms with E-state index in [2.05, 4.69) is 5.32 Å². The highest BCUT2D eigenvalue weighted by atomic mass is 32.2. The molecule has 0 saturated carbocycles. The number of nitrogens with zero attached hydrogens (tertiary/aromatic N) is 2. The van der Waals surface area contributed by atoms with Gasteiger partial charge < -0.3 is 10.2 Å². The molecule has 0 bridgehead atoms. The maximum absolute atomic E-state index is 13.7. The van der Waals surface area contributed by atoms with Crippen LogP contribution in [0.1, 0.15) is 12.5 Å². The number of hydrogen-bond acceptors (Lipinski definition) is 4. The lowest BCUT2D eigenvalue weighted by molar-refractivity contribution is -0.138. The molecule has 0 heterocycles. The summed E-state index contributed by atoms with van der Waals surface area (Å²) in [6.07, 6.45) is 1.30. The Kier molecular flexibility index (Phi) is 8.09. The van der Waals surface area contributed by atoms with Crippen molar-refractivity contribution in [1.82, 2.24) is 10.2 Å². The molecule has 7 nitrogen and oxygen atoms in total. The molecule has 31 heavy (non-hydrogen) atoms. The van der Waals surface area contributed by atoms with E-state index < -0.39 is 46.1 Å². The van der Waals surface area contributed by atoms with Gasteiger partial charge in [0, 0.05) is 19.7 Å². The number of likely N-dealkylation sites (N-methyl/N-ethyl adjacent to an activating group) is 1. The van der Waals surface area contributed by atoms with Crippen molar-refractivity contribution in [2.24, 2.45) is 0 Å². The minimum absolute atomic E-state index is 0.160. The molecule has 0 spiro atoms. The van der Waals surface area contributed by atoms with E-state index in [0.29, 0.717) is 16.8 Å². The van der Waals surface area contributed by atoms with E-state index in [-0.39, 0.29) is 12.2 Å². The van der Waals surface area contributed by atoms with Gasteiger partial charge in [0.25, 0.3) is 0 Å². The smallest absolute Gasteiger partial charge is 0.244 e. The predicted octanol–water partition coefficient (Wildman–Crippen LogP) is 1.94. The van der Waals surface area contributed by atoms with Gasteiger partial charge in [0.15, 0.2) is 11.6 Å². The standard InChI is InChI=1S/C21H25F2N3O4S/c1-15(21(28)24-2)25(12-11-16-7-5-4-6-8-16)20(27)14-26(31(3,29)30)17-9-10-18(22)19(23)13-17/h4-10,13,15H,11-12,14H2,1-3H3,(H,24,28)/t15-/m0/s1. The Bertz CT molecular complexity index is 1030. The average molecular weight is 454 g/mol. The van der Waals surface area contributed by atoms with Gasteiger partial charge in [-0.2, -0.15) is 0 Å². The summed E-state index contributed by atoms with van der Waals surface area (Å²) in [5.41, 5.74) is 0.746. The Morgan fingerprint density at radius 2 is 1.71 bits per heavy atom. The molecule has 2 amide bonds. The molecule has 2 aromatic carbocycles. The molecule has 10 heteroatoms. The van der Waals surface area contributed by atoms with Gasteiger partial charge in [0.2, 0.25) is 21.8 Å². The van der Waals surface area contributed by atoms with Crippen molar-refractivity contribution in [3.63, 3.8) is 0 Å². The zero-order valence-corrected chi connectivity index (χ0v) is 18.3. The third kappa shape index (κ3) is 6.48. The quantitative estimate of drug-likeness (QED) is 0.629. The van der Waals surface area contributed by atoms with Crippen LogP contribution in [0.5, 0.6) is 0 Å². The number of halogens is 2. The number of carbonyl (C=O) groups excluding carboxylic acids is 2. The molecule has 0 aromatic heterocycles. The lowest BCUT2D eigenvalue weighted by Crippen LogP contribution is -2.51. The molecule has 2 rings (SSSR count). The zero-order chi connectivity index (χ0) is 23.2. The number of carbonyl (C=O) groups is 2. The minimum Gasteiger partial charge on any atom is -0.357 e. The molecular formula is C21H25F2N3O4S. The molecule has 0 radical (unpaired) electrons. The second-order valence-electron chi connectivity index (χ2n) is 6.98. The van der Waals surface area contributed by atoms with Crippen molar-refractivity contribution in [2.45, 2.75) is 19.4 Å². The fraction of sp³-hybridized carbons (Fsp3) is 0.333. The van der Waals surface area contributed by atoms with Crippen LogP contribution >= 0.6 is 0 Å². The first kappa shape index (κ1) is 24.3. The van der Waals surface area contributed by atoms with Gasteiger partial charge in [-0.15, -0.1) is 0 Å². The van der Waals surface area contributed by atoms with E-state index in [1.54, 1.807) is 0 Å². The highest BCUT2D eigenvalue weighted by molar-refractivity contribution is 7.92. The Morgan fingerprint density at radius 1 is 1.06 bits per heavy atom. The second kappa shape index (κ2) is 10.3. The van der Waals surface area contributed by atoms with Crippen LogP contribution in [0.4, 0.5) is 14.5 Å². The van der Waals surface area contributed by atoms with E-state index in [0.717, 1.165) is 24.0 Å². The number of nitrogens with one attached hydrogen (secondary N) is 1. The summed E-state index contributed by atoms with van der Waals surface area (Å²) in [5.74, 6) is -3.44. The topological polar surface area (TPSA) is 86.8 Å². The molecule has 1 atom stereocenters. The summed E-state index contributed by atoms with van der Waals surface area (Å²) in [6.45, 7) is 1.02. The van der Waals surface area contributed by atoms with E-state index in [9.17, 15) is 26.8 Å². The van der Waals surface area contributed by atoms with Crippen molar-refractivity contribution in [3.05, 3.63) is 65.7 Å².